The van der Waals surface area contributed by atoms with Gasteiger partial charge in [0.2, 0.25) is 0 Å². The topological polar surface area (TPSA) is 92.5 Å². The average Bonchev–Trinajstić information content (AvgIpc) is 2.43. The van der Waals surface area contributed by atoms with Gasteiger partial charge in [-0.2, -0.15) is 52.7 Å². The van der Waals surface area contributed by atoms with E-state index in [9.17, 15) is 62.9 Å². The fourth-order valence-electron chi connectivity index (χ4n) is 2.14. The third kappa shape index (κ3) is 3.27. The van der Waals surface area contributed by atoms with E-state index in [1.807, 2.05) is 0 Å². The summed E-state index contributed by atoms with van der Waals surface area (Å²) in [7, 11) is 0. The molecule has 0 aromatic heterocycles. The van der Waals surface area contributed by atoms with Crippen LogP contribution in [0.25, 0.3) is 0 Å². The molecule has 0 spiro atoms. The molecule has 0 saturated heterocycles. The van der Waals surface area contributed by atoms with Crippen molar-refractivity contribution in [1.29, 1.82) is 0 Å². The first-order chi connectivity index (χ1) is 12.0. The smallest absolute Gasteiger partial charge is 0.397 e. The molecule has 28 heavy (non-hydrogen) atoms. The summed E-state index contributed by atoms with van der Waals surface area (Å²) in [6.07, 6.45) is -26.7. The summed E-state index contributed by atoms with van der Waals surface area (Å²) in [6.45, 7) is 0. The fraction of sp³-hybridized carbons (Fsp3) is 0.500. The predicted octanol–water partition coefficient (Wildman–Crippen LogP) is 3.48. The maximum atomic E-state index is 12.9. The maximum absolute atomic E-state index is 12.9. The van der Waals surface area contributed by atoms with Crippen LogP contribution in [0.1, 0.15) is 11.1 Å². The monoisotopic (exact) mass is 440 g/mol. The molecule has 4 nitrogen and oxygen atoms in total. The second kappa shape index (κ2) is 6.20. The lowest BCUT2D eigenvalue weighted by atomic mass is 9.84. The van der Waals surface area contributed by atoms with Gasteiger partial charge in [0.05, 0.1) is 11.4 Å². The zero-order chi connectivity index (χ0) is 22.7. The van der Waals surface area contributed by atoms with E-state index < -0.39 is 70.5 Å². The Labute approximate surface area is 146 Å². The highest BCUT2D eigenvalue weighted by molar-refractivity contribution is 5.71. The Bertz CT molecular complexity index is 719. The summed E-state index contributed by atoms with van der Waals surface area (Å²) in [5.74, 6) is 0. The quantitative estimate of drug-likeness (QED) is 0.419. The van der Waals surface area contributed by atoms with E-state index in [1.165, 1.54) is 0 Å². The Morgan fingerprint density at radius 2 is 0.893 bits per heavy atom. The van der Waals surface area contributed by atoms with Gasteiger partial charge in [-0.1, -0.05) is 0 Å². The standard InChI is InChI=1S/C12H8F12N2O2/c13-9(14,15)7(27,10(16,17)18)3-1-4(6(26)5(25)2-3)8(28,11(19,20)21)12(22,23)24/h1-2,27-28H,25-26H2. The Balaban J connectivity index is 4.08. The van der Waals surface area contributed by atoms with E-state index in [0.29, 0.717) is 0 Å². The van der Waals surface area contributed by atoms with Gasteiger partial charge in [0.1, 0.15) is 0 Å². The molecule has 0 aliphatic heterocycles. The molecule has 0 atom stereocenters. The number of alkyl halides is 12. The van der Waals surface area contributed by atoms with Gasteiger partial charge < -0.3 is 21.7 Å². The minimum Gasteiger partial charge on any atom is -0.397 e. The summed E-state index contributed by atoms with van der Waals surface area (Å²) in [5.41, 5.74) is -10.8. The molecule has 16 heteroatoms. The van der Waals surface area contributed by atoms with Crippen LogP contribution in [0, 0.1) is 0 Å². The third-order valence-corrected chi connectivity index (χ3v) is 3.66. The van der Waals surface area contributed by atoms with Gasteiger partial charge in [0.15, 0.2) is 0 Å². The zero-order valence-electron chi connectivity index (χ0n) is 12.7. The van der Waals surface area contributed by atoms with Crippen LogP contribution in [0.5, 0.6) is 0 Å². The van der Waals surface area contributed by atoms with E-state index in [0.717, 1.165) is 0 Å². The molecule has 0 bridgehead atoms. The Hall–Kier alpha value is -2.10. The van der Waals surface area contributed by atoms with Gasteiger partial charge in [0, 0.05) is 11.1 Å². The molecular formula is C12H8F12N2O2. The molecule has 1 rings (SSSR count). The Kier molecular flexibility index (Phi) is 5.30. The largest absolute Gasteiger partial charge is 0.430 e. The highest BCUT2D eigenvalue weighted by Gasteiger charge is 2.74. The lowest BCUT2D eigenvalue weighted by molar-refractivity contribution is -0.378. The van der Waals surface area contributed by atoms with Crippen molar-refractivity contribution in [3.63, 3.8) is 0 Å². The van der Waals surface area contributed by atoms with Crippen molar-refractivity contribution in [2.75, 3.05) is 11.5 Å². The number of aliphatic hydroxyl groups is 2. The van der Waals surface area contributed by atoms with E-state index in [1.54, 1.807) is 0 Å². The molecule has 0 aliphatic carbocycles. The number of hydrogen-bond acceptors (Lipinski definition) is 4. The Morgan fingerprint density at radius 1 is 0.571 bits per heavy atom. The van der Waals surface area contributed by atoms with Crippen molar-refractivity contribution in [2.45, 2.75) is 35.9 Å². The van der Waals surface area contributed by atoms with Crippen LogP contribution in [-0.2, 0) is 11.2 Å². The summed E-state index contributed by atoms with van der Waals surface area (Å²) in [6, 6.07) is -1.42. The number of rotatable bonds is 2. The molecule has 0 aliphatic rings. The van der Waals surface area contributed by atoms with E-state index >= 15 is 0 Å². The van der Waals surface area contributed by atoms with Gasteiger partial charge in [-0.15, -0.1) is 0 Å². The number of benzene rings is 1. The first kappa shape index (κ1) is 23.9. The molecule has 1 aromatic rings. The average molecular weight is 440 g/mol. The second-order valence-corrected chi connectivity index (χ2v) is 5.44. The molecule has 6 N–H and O–H groups in total. The van der Waals surface area contributed by atoms with Crippen LogP contribution in [-0.4, -0.2) is 34.9 Å². The highest BCUT2D eigenvalue weighted by Crippen LogP contribution is 2.55. The maximum Gasteiger partial charge on any atom is 0.430 e. The lowest BCUT2D eigenvalue weighted by Gasteiger charge is -2.36. The van der Waals surface area contributed by atoms with Crippen LogP contribution in [0.4, 0.5) is 64.1 Å². The highest BCUT2D eigenvalue weighted by atomic mass is 19.4. The number of anilines is 2. The van der Waals surface area contributed by atoms with Gasteiger partial charge in [-0.25, -0.2) is 0 Å². The van der Waals surface area contributed by atoms with E-state index in [4.69, 9.17) is 11.5 Å². The van der Waals surface area contributed by atoms with Crippen LogP contribution in [0.3, 0.4) is 0 Å². The van der Waals surface area contributed by atoms with Crippen LogP contribution >= 0.6 is 0 Å². The minimum atomic E-state index is -6.70. The van der Waals surface area contributed by atoms with Gasteiger partial charge in [0.25, 0.3) is 11.2 Å². The third-order valence-electron chi connectivity index (χ3n) is 3.66. The molecule has 162 valence electrons. The van der Waals surface area contributed by atoms with Crippen molar-refractivity contribution in [3.8, 4) is 0 Å². The SMILES string of the molecule is Nc1cc(C(O)(C(F)(F)F)C(F)(F)F)cc(C(O)(C(F)(F)F)C(F)(F)F)c1N. The number of hydrogen-bond donors (Lipinski definition) is 4. The molecule has 0 unspecified atom stereocenters. The summed E-state index contributed by atoms with van der Waals surface area (Å²) >= 11 is 0. The summed E-state index contributed by atoms with van der Waals surface area (Å²) in [5, 5.41) is 18.4. The summed E-state index contributed by atoms with van der Waals surface area (Å²) in [4.78, 5) is 0. The molecule has 0 heterocycles. The molecule has 1 aromatic carbocycles. The first-order valence-electron chi connectivity index (χ1n) is 6.45. The van der Waals surface area contributed by atoms with Crippen LogP contribution in [0.2, 0.25) is 0 Å². The molecular weight excluding hydrogens is 432 g/mol. The number of halogens is 12. The lowest BCUT2D eigenvalue weighted by Crippen LogP contribution is -2.56. The van der Waals surface area contributed by atoms with Crippen molar-refractivity contribution in [1.82, 2.24) is 0 Å². The fourth-order valence-corrected chi connectivity index (χ4v) is 2.14. The molecule has 0 amide bonds. The van der Waals surface area contributed by atoms with E-state index in [2.05, 4.69) is 0 Å². The normalized spacial score (nSPS) is 15.1. The van der Waals surface area contributed by atoms with Gasteiger partial charge in [-0.05, 0) is 12.1 Å². The second-order valence-electron chi connectivity index (χ2n) is 5.44. The Morgan fingerprint density at radius 3 is 1.18 bits per heavy atom. The van der Waals surface area contributed by atoms with Gasteiger partial charge in [-0.3, -0.25) is 0 Å². The zero-order valence-corrected chi connectivity index (χ0v) is 12.7. The van der Waals surface area contributed by atoms with Crippen molar-refractivity contribution < 1.29 is 62.9 Å². The number of nitrogen functional groups attached to an aromatic ring is 2. The van der Waals surface area contributed by atoms with Crippen molar-refractivity contribution >= 4 is 11.4 Å². The van der Waals surface area contributed by atoms with E-state index in [-0.39, 0.29) is 0 Å². The molecule has 0 saturated carbocycles. The van der Waals surface area contributed by atoms with Crippen LogP contribution in [0.15, 0.2) is 12.1 Å². The van der Waals surface area contributed by atoms with Gasteiger partial charge >= 0.3 is 24.7 Å². The minimum absolute atomic E-state index is 0.410. The molecule has 0 fully saturated rings. The summed E-state index contributed by atoms with van der Waals surface area (Å²) < 4.78 is 155. The number of nitrogens with two attached hydrogens (primary N) is 2. The van der Waals surface area contributed by atoms with Crippen molar-refractivity contribution in [3.05, 3.63) is 23.3 Å². The molecule has 0 radical (unpaired) electrons. The van der Waals surface area contributed by atoms with Crippen molar-refractivity contribution in [2.24, 2.45) is 0 Å². The first-order valence-corrected chi connectivity index (χ1v) is 6.45. The van der Waals surface area contributed by atoms with Crippen LogP contribution < -0.4 is 11.5 Å². The predicted molar refractivity (Wildman–Crippen MR) is 67.3 cm³/mol.